The Morgan fingerprint density at radius 2 is 1.93 bits per heavy atom. The standard InChI is InChI=1S/C22H33N5O2/c1-16(2)20-13-19(29-26-20)14-24-22(23-3)25-15-21(27-11-5-6-12-27)17-7-9-18(28-4)10-8-17/h7-10,13,16,21H,5-6,11-12,14-15H2,1-4H3,(H2,23,24,25). The van der Waals surface area contributed by atoms with Crippen molar-refractivity contribution in [1.29, 1.82) is 0 Å². The van der Waals surface area contributed by atoms with E-state index in [2.05, 4.69) is 51.7 Å². The van der Waals surface area contributed by atoms with E-state index < -0.39 is 0 Å². The lowest BCUT2D eigenvalue weighted by Crippen LogP contribution is -2.42. The molecular formula is C22H33N5O2. The molecule has 2 aromatic rings. The van der Waals surface area contributed by atoms with Gasteiger partial charge in [0.25, 0.3) is 0 Å². The van der Waals surface area contributed by atoms with Crippen LogP contribution >= 0.6 is 0 Å². The van der Waals surface area contributed by atoms with Crippen LogP contribution < -0.4 is 15.4 Å². The molecule has 3 rings (SSSR count). The summed E-state index contributed by atoms with van der Waals surface area (Å²) in [6, 6.07) is 10.7. The fourth-order valence-electron chi connectivity index (χ4n) is 3.61. The first-order chi connectivity index (χ1) is 14.1. The molecule has 0 amide bonds. The van der Waals surface area contributed by atoms with E-state index in [0.717, 1.165) is 42.8 Å². The molecule has 0 bridgehead atoms. The molecule has 1 atom stereocenters. The Morgan fingerprint density at radius 1 is 1.21 bits per heavy atom. The van der Waals surface area contributed by atoms with E-state index in [9.17, 15) is 0 Å². The van der Waals surface area contributed by atoms with Crippen LogP contribution in [0, 0.1) is 0 Å². The summed E-state index contributed by atoms with van der Waals surface area (Å²) in [4.78, 5) is 6.89. The highest BCUT2D eigenvalue weighted by molar-refractivity contribution is 5.79. The zero-order chi connectivity index (χ0) is 20.6. The minimum absolute atomic E-state index is 0.291. The highest BCUT2D eigenvalue weighted by Crippen LogP contribution is 2.26. The smallest absolute Gasteiger partial charge is 0.191 e. The zero-order valence-corrected chi connectivity index (χ0v) is 17.9. The predicted octanol–water partition coefficient (Wildman–Crippen LogP) is 3.31. The van der Waals surface area contributed by atoms with Crippen molar-refractivity contribution in [2.24, 2.45) is 4.99 Å². The van der Waals surface area contributed by atoms with Gasteiger partial charge < -0.3 is 19.9 Å². The van der Waals surface area contributed by atoms with Crippen LogP contribution in [0.5, 0.6) is 5.75 Å². The molecule has 0 spiro atoms. The van der Waals surface area contributed by atoms with Crippen LogP contribution in [0.25, 0.3) is 0 Å². The average molecular weight is 400 g/mol. The molecule has 1 unspecified atom stereocenters. The number of aliphatic imine (C=N–C) groups is 1. The molecule has 2 heterocycles. The molecule has 0 saturated carbocycles. The van der Waals surface area contributed by atoms with E-state index in [1.807, 2.05) is 18.2 Å². The van der Waals surface area contributed by atoms with Gasteiger partial charge in [-0.25, -0.2) is 0 Å². The third-order valence-corrected chi connectivity index (χ3v) is 5.37. The lowest BCUT2D eigenvalue weighted by Gasteiger charge is -2.29. The Balaban J connectivity index is 1.60. The first-order valence-corrected chi connectivity index (χ1v) is 10.4. The van der Waals surface area contributed by atoms with E-state index in [-0.39, 0.29) is 0 Å². The lowest BCUT2D eigenvalue weighted by atomic mass is 10.1. The van der Waals surface area contributed by atoms with Crippen LogP contribution in [0.1, 0.15) is 55.7 Å². The third kappa shape index (κ3) is 5.73. The summed E-state index contributed by atoms with van der Waals surface area (Å²) >= 11 is 0. The summed E-state index contributed by atoms with van der Waals surface area (Å²) in [5.74, 6) is 2.80. The number of nitrogens with zero attached hydrogens (tertiary/aromatic N) is 3. The Labute approximate surface area is 173 Å². The zero-order valence-electron chi connectivity index (χ0n) is 17.9. The van der Waals surface area contributed by atoms with E-state index in [1.54, 1.807) is 14.2 Å². The first kappa shape index (κ1) is 21.2. The lowest BCUT2D eigenvalue weighted by molar-refractivity contribution is 0.245. The fraction of sp³-hybridized carbons (Fsp3) is 0.545. The van der Waals surface area contributed by atoms with Crippen LogP contribution in [0.4, 0.5) is 0 Å². The number of aromatic nitrogens is 1. The normalized spacial score (nSPS) is 16.2. The Morgan fingerprint density at radius 3 is 2.52 bits per heavy atom. The van der Waals surface area contributed by atoms with Gasteiger partial charge in [0, 0.05) is 19.7 Å². The second-order valence-corrected chi connectivity index (χ2v) is 7.71. The Hall–Kier alpha value is -2.54. The third-order valence-electron chi connectivity index (χ3n) is 5.37. The predicted molar refractivity (Wildman–Crippen MR) is 115 cm³/mol. The number of hydrogen-bond donors (Lipinski definition) is 2. The van der Waals surface area contributed by atoms with Crippen molar-refractivity contribution in [1.82, 2.24) is 20.7 Å². The van der Waals surface area contributed by atoms with Crippen molar-refractivity contribution in [3.05, 3.63) is 47.3 Å². The molecule has 1 fully saturated rings. The maximum absolute atomic E-state index is 5.40. The van der Waals surface area contributed by atoms with Crippen molar-refractivity contribution in [3.8, 4) is 5.75 Å². The molecule has 1 saturated heterocycles. The highest BCUT2D eigenvalue weighted by Gasteiger charge is 2.23. The minimum atomic E-state index is 0.291. The number of likely N-dealkylation sites (tertiary alicyclic amines) is 1. The summed E-state index contributed by atoms with van der Waals surface area (Å²) in [7, 11) is 3.48. The second kappa shape index (κ2) is 10.3. The molecule has 0 aliphatic carbocycles. The van der Waals surface area contributed by atoms with Gasteiger partial charge in [0.1, 0.15) is 5.75 Å². The number of nitrogens with one attached hydrogen (secondary N) is 2. The number of methoxy groups -OCH3 is 1. The fourth-order valence-corrected chi connectivity index (χ4v) is 3.61. The van der Waals surface area contributed by atoms with Crippen molar-refractivity contribution in [2.45, 2.75) is 45.2 Å². The first-order valence-electron chi connectivity index (χ1n) is 10.4. The van der Waals surface area contributed by atoms with Gasteiger partial charge in [0.2, 0.25) is 0 Å². The van der Waals surface area contributed by atoms with Crippen LogP contribution in [0.3, 0.4) is 0 Å². The largest absolute Gasteiger partial charge is 0.497 e. The van der Waals surface area contributed by atoms with E-state index in [1.165, 1.54) is 18.4 Å². The molecule has 158 valence electrons. The molecule has 1 aliphatic heterocycles. The Bertz CT molecular complexity index is 779. The highest BCUT2D eigenvalue weighted by atomic mass is 16.5. The van der Waals surface area contributed by atoms with Gasteiger partial charge in [-0.3, -0.25) is 9.89 Å². The van der Waals surface area contributed by atoms with Crippen molar-refractivity contribution < 1.29 is 9.26 Å². The topological polar surface area (TPSA) is 74.9 Å². The molecule has 7 heteroatoms. The maximum Gasteiger partial charge on any atom is 0.191 e. The molecule has 2 N–H and O–H groups in total. The van der Waals surface area contributed by atoms with Crippen molar-refractivity contribution in [2.75, 3.05) is 33.8 Å². The maximum atomic E-state index is 5.40. The summed E-state index contributed by atoms with van der Waals surface area (Å²) < 4.78 is 10.7. The van der Waals surface area contributed by atoms with Gasteiger partial charge in [-0.2, -0.15) is 0 Å². The molecule has 29 heavy (non-hydrogen) atoms. The Kier molecular flexibility index (Phi) is 7.52. The molecular weight excluding hydrogens is 366 g/mol. The van der Waals surface area contributed by atoms with Crippen LogP contribution in [0.15, 0.2) is 39.8 Å². The van der Waals surface area contributed by atoms with Crippen LogP contribution in [-0.4, -0.2) is 49.8 Å². The van der Waals surface area contributed by atoms with Gasteiger partial charge >= 0.3 is 0 Å². The quantitative estimate of drug-likeness (QED) is 0.524. The summed E-state index contributed by atoms with van der Waals surface area (Å²) in [6.45, 7) is 7.79. The molecule has 0 radical (unpaired) electrons. The summed E-state index contributed by atoms with van der Waals surface area (Å²) in [5, 5.41) is 10.9. The monoisotopic (exact) mass is 399 g/mol. The SMILES string of the molecule is CN=C(NCc1cc(C(C)C)no1)NCC(c1ccc(OC)cc1)N1CCCC1. The molecule has 7 nitrogen and oxygen atoms in total. The van der Waals surface area contributed by atoms with Crippen LogP contribution in [-0.2, 0) is 6.54 Å². The van der Waals surface area contributed by atoms with E-state index >= 15 is 0 Å². The number of benzene rings is 1. The van der Waals surface area contributed by atoms with E-state index in [4.69, 9.17) is 9.26 Å². The van der Waals surface area contributed by atoms with E-state index in [0.29, 0.717) is 18.5 Å². The van der Waals surface area contributed by atoms with Gasteiger partial charge in [-0.15, -0.1) is 0 Å². The van der Waals surface area contributed by atoms with Crippen molar-refractivity contribution >= 4 is 5.96 Å². The average Bonchev–Trinajstić information content (AvgIpc) is 3.43. The number of ether oxygens (including phenoxy) is 1. The van der Waals surface area contributed by atoms with Gasteiger partial charge in [-0.1, -0.05) is 31.1 Å². The van der Waals surface area contributed by atoms with Crippen molar-refractivity contribution in [3.63, 3.8) is 0 Å². The molecule has 1 aliphatic rings. The summed E-state index contributed by atoms with van der Waals surface area (Å²) in [6.07, 6.45) is 2.51. The number of hydrogen-bond acceptors (Lipinski definition) is 5. The minimum Gasteiger partial charge on any atom is -0.497 e. The summed E-state index contributed by atoms with van der Waals surface area (Å²) in [5.41, 5.74) is 2.26. The van der Waals surface area contributed by atoms with Gasteiger partial charge in [0.15, 0.2) is 11.7 Å². The number of guanidine groups is 1. The number of rotatable bonds is 8. The van der Waals surface area contributed by atoms with Gasteiger partial charge in [-0.05, 0) is 49.5 Å². The molecule has 1 aromatic heterocycles. The molecule has 1 aromatic carbocycles. The van der Waals surface area contributed by atoms with Gasteiger partial charge in [0.05, 0.1) is 25.4 Å². The van der Waals surface area contributed by atoms with Crippen LogP contribution in [0.2, 0.25) is 0 Å². The second-order valence-electron chi connectivity index (χ2n) is 7.71.